The Morgan fingerprint density at radius 2 is 2.14 bits per heavy atom. The molecule has 0 aliphatic heterocycles. The number of ether oxygens (including phenoxy) is 1. The van der Waals surface area contributed by atoms with Crippen molar-refractivity contribution in [3.63, 3.8) is 0 Å². The van der Waals surface area contributed by atoms with E-state index in [4.69, 9.17) is 5.73 Å². The lowest BCUT2D eigenvalue weighted by atomic mass is 10.2. The topological polar surface area (TPSA) is 59.6 Å². The molecule has 118 valence electrons. The first kappa shape index (κ1) is 17.2. The van der Waals surface area contributed by atoms with Crippen molar-refractivity contribution in [2.24, 2.45) is 10.7 Å². The molecule has 21 heavy (non-hydrogen) atoms. The third kappa shape index (κ3) is 8.12. The van der Waals surface area contributed by atoms with Crippen LogP contribution >= 0.6 is 0 Å². The van der Waals surface area contributed by atoms with Crippen molar-refractivity contribution in [3.05, 3.63) is 29.8 Å². The molecule has 0 saturated heterocycles. The van der Waals surface area contributed by atoms with E-state index in [-0.39, 0.29) is 5.75 Å². The maximum Gasteiger partial charge on any atom is 0.387 e. The molecule has 1 aromatic rings. The van der Waals surface area contributed by atoms with E-state index in [9.17, 15) is 8.78 Å². The average Bonchev–Trinajstić information content (AvgIpc) is 2.44. The molecule has 0 bridgehead atoms. The number of aliphatic imine (C=N–C) groups is 1. The van der Waals surface area contributed by atoms with E-state index in [1.54, 1.807) is 12.1 Å². The lowest BCUT2D eigenvalue weighted by Gasteiger charge is -2.07. The molecule has 6 heteroatoms. The van der Waals surface area contributed by atoms with E-state index in [1.165, 1.54) is 31.4 Å². The Kier molecular flexibility index (Phi) is 8.16. The average molecular weight is 299 g/mol. The fourth-order valence-corrected chi connectivity index (χ4v) is 1.82. The Hall–Kier alpha value is -1.85. The van der Waals surface area contributed by atoms with Gasteiger partial charge in [-0.1, -0.05) is 38.3 Å². The number of hydrogen-bond acceptors (Lipinski definition) is 2. The Morgan fingerprint density at radius 1 is 1.33 bits per heavy atom. The van der Waals surface area contributed by atoms with Gasteiger partial charge in [0.05, 0.1) is 6.54 Å². The van der Waals surface area contributed by atoms with Gasteiger partial charge in [-0.2, -0.15) is 8.78 Å². The van der Waals surface area contributed by atoms with Gasteiger partial charge >= 0.3 is 6.61 Å². The molecule has 0 saturated carbocycles. The molecule has 0 aliphatic carbocycles. The number of rotatable bonds is 9. The van der Waals surface area contributed by atoms with Crippen LogP contribution in [-0.4, -0.2) is 19.1 Å². The summed E-state index contributed by atoms with van der Waals surface area (Å²) in [6.07, 6.45) is 4.64. The molecule has 4 nitrogen and oxygen atoms in total. The van der Waals surface area contributed by atoms with Crippen LogP contribution in [0.25, 0.3) is 0 Å². The summed E-state index contributed by atoms with van der Waals surface area (Å²) >= 11 is 0. The molecule has 3 N–H and O–H groups in total. The van der Waals surface area contributed by atoms with E-state index in [0.29, 0.717) is 12.5 Å². The number of benzene rings is 1. The Bertz CT molecular complexity index is 439. The molecule has 0 heterocycles. The fraction of sp³-hybridized carbons (Fsp3) is 0.533. The van der Waals surface area contributed by atoms with E-state index >= 15 is 0 Å². The molecule has 0 unspecified atom stereocenters. The van der Waals surface area contributed by atoms with Gasteiger partial charge in [0.2, 0.25) is 0 Å². The Labute approximate surface area is 124 Å². The first-order valence-electron chi connectivity index (χ1n) is 7.19. The van der Waals surface area contributed by atoms with Gasteiger partial charge in [0.1, 0.15) is 5.75 Å². The number of halogens is 2. The zero-order valence-corrected chi connectivity index (χ0v) is 12.3. The normalized spacial score (nSPS) is 11.7. The SMILES string of the molecule is CCCCCCNC(N)=NCc1cccc(OC(F)F)c1. The van der Waals surface area contributed by atoms with Crippen molar-refractivity contribution in [3.8, 4) is 5.75 Å². The molecule has 0 fully saturated rings. The van der Waals surface area contributed by atoms with Gasteiger partial charge < -0.3 is 15.8 Å². The maximum absolute atomic E-state index is 12.1. The summed E-state index contributed by atoms with van der Waals surface area (Å²) in [6.45, 7) is 0.464. The second kappa shape index (κ2) is 9.96. The minimum atomic E-state index is -2.82. The van der Waals surface area contributed by atoms with Gasteiger partial charge in [-0.3, -0.25) is 0 Å². The van der Waals surface area contributed by atoms with Crippen LogP contribution in [0.15, 0.2) is 29.3 Å². The molecule has 0 aliphatic rings. The lowest BCUT2D eigenvalue weighted by Crippen LogP contribution is -2.32. The standard InChI is InChI=1S/C15H23F2N3O/c1-2-3-4-5-9-19-15(18)20-11-12-7-6-8-13(10-12)21-14(16)17/h6-8,10,14H,2-5,9,11H2,1H3,(H3,18,19,20). The number of unbranched alkanes of at least 4 members (excludes halogenated alkanes) is 3. The summed E-state index contributed by atoms with van der Waals surface area (Å²) in [5.41, 5.74) is 6.51. The molecule has 0 radical (unpaired) electrons. The number of alkyl halides is 2. The van der Waals surface area contributed by atoms with Gasteiger partial charge in [0, 0.05) is 6.54 Å². The second-order valence-electron chi connectivity index (χ2n) is 4.71. The second-order valence-corrected chi connectivity index (χ2v) is 4.71. The van der Waals surface area contributed by atoms with Crippen LogP contribution in [0.5, 0.6) is 5.75 Å². The highest BCUT2D eigenvalue weighted by Crippen LogP contribution is 2.16. The number of guanidine groups is 1. The van der Waals surface area contributed by atoms with Crippen LogP contribution in [0, 0.1) is 0 Å². The molecule has 0 atom stereocenters. The van der Waals surface area contributed by atoms with Gasteiger partial charge in [-0.25, -0.2) is 4.99 Å². The van der Waals surface area contributed by atoms with Crippen molar-refractivity contribution in [2.75, 3.05) is 6.54 Å². The predicted molar refractivity (Wildman–Crippen MR) is 80.5 cm³/mol. The van der Waals surface area contributed by atoms with E-state index in [1.807, 2.05) is 0 Å². The molecular weight excluding hydrogens is 276 g/mol. The zero-order chi connectivity index (χ0) is 15.5. The van der Waals surface area contributed by atoms with Gasteiger partial charge in [-0.05, 0) is 24.1 Å². The minimum absolute atomic E-state index is 0.129. The third-order valence-electron chi connectivity index (χ3n) is 2.89. The van der Waals surface area contributed by atoms with Crippen molar-refractivity contribution in [2.45, 2.75) is 45.8 Å². The summed E-state index contributed by atoms with van der Waals surface area (Å²) in [6, 6.07) is 6.45. The van der Waals surface area contributed by atoms with E-state index in [2.05, 4.69) is 22.0 Å². The molecule has 0 amide bonds. The van der Waals surface area contributed by atoms with Gasteiger partial charge in [0.15, 0.2) is 5.96 Å². The summed E-state index contributed by atoms with van der Waals surface area (Å²) in [4.78, 5) is 4.17. The molecule has 1 rings (SSSR count). The fourth-order valence-electron chi connectivity index (χ4n) is 1.82. The maximum atomic E-state index is 12.1. The lowest BCUT2D eigenvalue weighted by molar-refractivity contribution is -0.0498. The van der Waals surface area contributed by atoms with Gasteiger partial charge in [0.25, 0.3) is 0 Å². The van der Waals surface area contributed by atoms with E-state index < -0.39 is 6.61 Å². The van der Waals surface area contributed by atoms with Crippen molar-refractivity contribution in [1.82, 2.24) is 5.32 Å². The highest BCUT2D eigenvalue weighted by molar-refractivity contribution is 5.77. The van der Waals surface area contributed by atoms with Crippen molar-refractivity contribution in [1.29, 1.82) is 0 Å². The van der Waals surface area contributed by atoms with Crippen molar-refractivity contribution >= 4 is 5.96 Å². The summed E-state index contributed by atoms with van der Waals surface area (Å²) in [5.74, 6) is 0.496. The summed E-state index contributed by atoms with van der Waals surface area (Å²) in [5, 5.41) is 3.04. The molecular formula is C15H23F2N3O. The predicted octanol–water partition coefficient (Wildman–Crippen LogP) is 3.27. The number of nitrogens with zero attached hydrogens (tertiary/aromatic N) is 1. The van der Waals surface area contributed by atoms with E-state index in [0.717, 1.165) is 18.5 Å². The monoisotopic (exact) mass is 299 g/mol. The highest BCUT2D eigenvalue weighted by atomic mass is 19.3. The number of hydrogen-bond donors (Lipinski definition) is 2. The molecule has 0 spiro atoms. The smallest absolute Gasteiger partial charge is 0.387 e. The van der Waals surface area contributed by atoms with Crippen LogP contribution in [0.1, 0.15) is 38.2 Å². The highest BCUT2D eigenvalue weighted by Gasteiger charge is 2.04. The number of nitrogens with one attached hydrogen (secondary N) is 1. The van der Waals surface area contributed by atoms with Gasteiger partial charge in [-0.15, -0.1) is 0 Å². The van der Waals surface area contributed by atoms with Crippen LogP contribution in [0.2, 0.25) is 0 Å². The minimum Gasteiger partial charge on any atom is -0.435 e. The third-order valence-corrected chi connectivity index (χ3v) is 2.89. The molecule has 0 aromatic heterocycles. The Morgan fingerprint density at radius 3 is 2.86 bits per heavy atom. The molecule has 1 aromatic carbocycles. The quantitative estimate of drug-likeness (QED) is 0.418. The van der Waals surface area contributed by atoms with Crippen LogP contribution < -0.4 is 15.8 Å². The largest absolute Gasteiger partial charge is 0.435 e. The number of nitrogens with two attached hydrogens (primary N) is 1. The summed E-state index contributed by atoms with van der Waals surface area (Å²) < 4.78 is 28.6. The first-order valence-corrected chi connectivity index (χ1v) is 7.19. The van der Waals surface area contributed by atoms with Crippen LogP contribution in [0.4, 0.5) is 8.78 Å². The van der Waals surface area contributed by atoms with Crippen LogP contribution in [0.3, 0.4) is 0 Å². The summed E-state index contributed by atoms with van der Waals surface area (Å²) in [7, 11) is 0. The van der Waals surface area contributed by atoms with Crippen LogP contribution in [-0.2, 0) is 6.54 Å². The zero-order valence-electron chi connectivity index (χ0n) is 12.3. The van der Waals surface area contributed by atoms with Crippen molar-refractivity contribution < 1.29 is 13.5 Å². The first-order chi connectivity index (χ1) is 10.1. The Balaban J connectivity index is 2.36.